The Labute approximate surface area is 107 Å². The average Bonchev–Trinajstić information content (AvgIpc) is 2.91. The van der Waals surface area contributed by atoms with Crippen LogP contribution in [0.5, 0.6) is 0 Å². The molecule has 3 aromatic rings. The van der Waals surface area contributed by atoms with Crippen molar-refractivity contribution < 1.29 is 4.42 Å². The number of hydrogen-bond acceptors (Lipinski definition) is 1. The molecular weight excluding hydrogens is 222 g/mol. The molecule has 2 heterocycles. The molecule has 0 saturated heterocycles. The van der Waals surface area contributed by atoms with Crippen molar-refractivity contribution in [3.63, 3.8) is 0 Å². The van der Waals surface area contributed by atoms with E-state index in [9.17, 15) is 0 Å². The summed E-state index contributed by atoms with van der Waals surface area (Å²) in [7, 11) is 0. The van der Waals surface area contributed by atoms with Gasteiger partial charge in [0.1, 0.15) is 5.76 Å². The van der Waals surface area contributed by atoms with E-state index in [-0.39, 0.29) is 0 Å². The Balaban J connectivity index is 2.30. The van der Waals surface area contributed by atoms with Crippen molar-refractivity contribution >= 4 is 21.9 Å². The number of H-pyrrole nitrogens is 1. The number of benzene rings is 1. The van der Waals surface area contributed by atoms with Crippen molar-refractivity contribution in [1.82, 2.24) is 4.98 Å². The third kappa shape index (κ3) is 1.64. The number of hydrogen-bond donors (Lipinski definition) is 1. The molecule has 0 atom stereocenters. The highest BCUT2D eigenvalue weighted by atomic mass is 16.3. The van der Waals surface area contributed by atoms with E-state index in [1.165, 1.54) is 16.5 Å². The van der Waals surface area contributed by atoms with Crippen molar-refractivity contribution in [2.45, 2.75) is 39.5 Å². The molecule has 1 N–H and O–H groups in total. The van der Waals surface area contributed by atoms with Gasteiger partial charge in [0.2, 0.25) is 0 Å². The number of fused-ring (bicyclic) bond motifs is 3. The Morgan fingerprint density at radius 2 is 1.67 bits per heavy atom. The summed E-state index contributed by atoms with van der Waals surface area (Å²) in [5.74, 6) is 1.98. The molecule has 0 amide bonds. The van der Waals surface area contributed by atoms with Gasteiger partial charge in [-0.3, -0.25) is 0 Å². The number of furan rings is 1. The highest BCUT2D eigenvalue weighted by molar-refractivity contribution is 6.02. The summed E-state index contributed by atoms with van der Waals surface area (Å²) < 4.78 is 6.00. The number of aromatic nitrogens is 1. The summed E-state index contributed by atoms with van der Waals surface area (Å²) >= 11 is 0. The molecule has 2 nitrogen and oxygen atoms in total. The molecule has 2 aromatic heterocycles. The first-order chi connectivity index (χ1) is 8.56. The van der Waals surface area contributed by atoms with Crippen LogP contribution < -0.4 is 0 Å². The standard InChI is InChI=1S/C16H19NO/c1-9(2)13-7-11-5-6-12-8-14(10(3)4)18-16(12)15(11)17-13/h5-10,17H,1-4H3. The smallest absolute Gasteiger partial charge is 0.158 e. The predicted octanol–water partition coefficient (Wildman–Crippen LogP) is 5.16. The van der Waals surface area contributed by atoms with E-state index in [4.69, 9.17) is 4.42 Å². The SMILES string of the molecule is CC(C)c1cc2ccc3cc(C(C)C)oc3c2[nH]1. The monoisotopic (exact) mass is 241 g/mol. The first-order valence-electron chi connectivity index (χ1n) is 6.61. The lowest BCUT2D eigenvalue weighted by Crippen LogP contribution is -1.84. The third-order valence-corrected chi connectivity index (χ3v) is 3.51. The van der Waals surface area contributed by atoms with Gasteiger partial charge in [0.05, 0.1) is 5.52 Å². The van der Waals surface area contributed by atoms with Gasteiger partial charge in [0.15, 0.2) is 5.58 Å². The topological polar surface area (TPSA) is 28.9 Å². The minimum atomic E-state index is 0.423. The van der Waals surface area contributed by atoms with Gasteiger partial charge in [-0.2, -0.15) is 0 Å². The summed E-state index contributed by atoms with van der Waals surface area (Å²) in [6.07, 6.45) is 0. The molecule has 0 aliphatic heterocycles. The van der Waals surface area contributed by atoms with E-state index in [1.54, 1.807) is 0 Å². The zero-order valence-corrected chi connectivity index (χ0v) is 11.4. The van der Waals surface area contributed by atoms with E-state index in [0.29, 0.717) is 11.8 Å². The van der Waals surface area contributed by atoms with E-state index in [2.05, 4.69) is 56.9 Å². The molecular formula is C16H19NO. The molecule has 0 aliphatic rings. The second-order valence-corrected chi connectivity index (χ2v) is 5.63. The molecule has 0 bridgehead atoms. The third-order valence-electron chi connectivity index (χ3n) is 3.51. The molecule has 0 radical (unpaired) electrons. The molecule has 94 valence electrons. The lowest BCUT2D eigenvalue weighted by Gasteiger charge is -1.98. The molecule has 0 aliphatic carbocycles. The minimum absolute atomic E-state index is 0.423. The Morgan fingerprint density at radius 3 is 2.33 bits per heavy atom. The second kappa shape index (κ2) is 3.91. The zero-order chi connectivity index (χ0) is 12.9. The zero-order valence-electron chi connectivity index (χ0n) is 11.4. The van der Waals surface area contributed by atoms with Gasteiger partial charge >= 0.3 is 0 Å². The van der Waals surface area contributed by atoms with Crippen LogP contribution in [0.1, 0.15) is 51.0 Å². The van der Waals surface area contributed by atoms with Crippen LogP contribution in [-0.2, 0) is 0 Å². The summed E-state index contributed by atoms with van der Waals surface area (Å²) in [6, 6.07) is 8.68. The van der Waals surface area contributed by atoms with Crippen molar-refractivity contribution in [1.29, 1.82) is 0 Å². The van der Waals surface area contributed by atoms with Crippen LogP contribution in [0.4, 0.5) is 0 Å². The van der Waals surface area contributed by atoms with Gasteiger partial charge in [-0.25, -0.2) is 0 Å². The summed E-state index contributed by atoms with van der Waals surface area (Å²) in [4.78, 5) is 3.50. The fraction of sp³-hybridized carbons (Fsp3) is 0.375. The van der Waals surface area contributed by atoms with Crippen LogP contribution in [0.15, 0.2) is 28.7 Å². The number of nitrogens with one attached hydrogen (secondary N) is 1. The first kappa shape index (κ1) is 11.4. The lowest BCUT2D eigenvalue weighted by atomic mass is 10.1. The quantitative estimate of drug-likeness (QED) is 0.659. The van der Waals surface area contributed by atoms with Gasteiger partial charge in [0.25, 0.3) is 0 Å². The van der Waals surface area contributed by atoms with Crippen molar-refractivity contribution in [3.05, 3.63) is 35.7 Å². The Hall–Kier alpha value is -1.70. The molecule has 3 rings (SSSR count). The normalized spacial score (nSPS) is 12.3. The second-order valence-electron chi connectivity index (χ2n) is 5.63. The maximum Gasteiger partial charge on any atom is 0.158 e. The van der Waals surface area contributed by atoms with Gasteiger partial charge in [-0.15, -0.1) is 0 Å². The average molecular weight is 241 g/mol. The molecule has 2 heteroatoms. The largest absolute Gasteiger partial charge is 0.459 e. The minimum Gasteiger partial charge on any atom is -0.459 e. The van der Waals surface area contributed by atoms with E-state index in [0.717, 1.165) is 16.9 Å². The van der Waals surface area contributed by atoms with Crippen LogP contribution in [0.3, 0.4) is 0 Å². The molecule has 0 unspecified atom stereocenters. The molecule has 1 aromatic carbocycles. The van der Waals surface area contributed by atoms with Crippen molar-refractivity contribution in [2.75, 3.05) is 0 Å². The maximum atomic E-state index is 6.00. The number of rotatable bonds is 2. The highest BCUT2D eigenvalue weighted by Crippen LogP contribution is 2.32. The molecule has 18 heavy (non-hydrogen) atoms. The lowest BCUT2D eigenvalue weighted by molar-refractivity contribution is 0.523. The van der Waals surface area contributed by atoms with Crippen molar-refractivity contribution in [2.24, 2.45) is 0 Å². The van der Waals surface area contributed by atoms with Gasteiger partial charge in [0, 0.05) is 22.4 Å². The maximum absolute atomic E-state index is 6.00. The van der Waals surface area contributed by atoms with E-state index >= 15 is 0 Å². The first-order valence-corrected chi connectivity index (χ1v) is 6.61. The molecule has 0 fully saturated rings. The molecule has 0 spiro atoms. The summed E-state index contributed by atoms with van der Waals surface area (Å²) in [6.45, 7) is 8.71. The van der Waals surface area contributed by atoms with E-state index < -0.39 is 0 Å². The fourth-order valence-corrected chi connectivity index (χ4v) is 2.33. The Morgan fingerprint density at radius 1 is 0.944 bits per heavy atom. The molecule has 0 saturated carbocycles. The van der Waals surface area contributed by atoms with Crippen molar-refractivity contribution in [3.8, 4) is 0 Å². The van der Waals surface area contributed by atoms with Gasteiger partial charge in [-0.1, -0.05) is 39.8 Å². The predicted molar refractivity (Wildman–Crippen MR) is 76.2 cm³/mol. The van der Waals surface area contributed by atoms with Crippen LogP contribution in [0, 0.1) is 0 Å². The fourth-order valence-electron chi connectivity index (χ4n) is 2.33. The van der Waals surface area contributed by atoms with Gasteiger partial charge in [-0.05, 0) is 18.1 Å². The van der Waals surface area contributed by atoms with Crippen LogP contribution in [-0.4, -0.2) is 4.98 Å². The van der Waals surface area contributed by atoms with Gasteiger partial charge < -0.3 is 9.40 Å². The van der Waals surface area contributed by atoms with Crippen LogP contribution in [0.2, 0.25) is 0 Å². The van der Waals surface area contributed by atoms with Crippen LogP contribution in [0.25, 0.3) is 21.9 Å². The van der Waals surface area contributed by atoms with E-state index in [1.807, 2.05) is 0 Å². The Bertz CT molecular complexity index is 639. The summed E-state index contributed by atoms with van der Waals surface area (Å²) in [5, 5.41) is 2.42. The highest BCUT2D eigenvalue weighted by Gasteiger charge is 2.12. The number of aromatic amines is 1. The van der Waals surface area contributed by atoms with Crippen LogP contribution >= 0.6 is 0 Å². The Kier molecular flexibility index (Phi) is 2.47. The summed E-state index contributed by atoms with van der Waals surface area (Å²) in [5.41, 5.74) is 3.38.